The second-order valence-electron chi connectivity index (χ2n) is 7.89. The molecule has 1 aromatic carbocycles. The van der Waals surface area contributed by atoms with E-state index in [0.717, 1.165) is 30.5 Å². The summed E-state index contributed by atoms with van der Waals surface area (Å²) in [7, 11) is 1.52. The minimum atomic E-state index is -0.386. The number of hydrogen-bond acceptors (Lipinski definition) is 3. The van der Waals surface area contributed by atoms with Crippen LogP contribution < -0.4 is 0 Å². The summed E-state index contributed by atoms with van der Waals surface area (Å²) in [6.45, 7) is 9.28. The Labute approximate surface area is 153 Å². The van der Waals surface area contributed by atoms with Crippen molar-refractivity contribution < 1.29 is 9.53 Å². The molecule has 1 aliphatic rings. The fourth-order valence-electron chi connectivity index (χ4n) is 3.89. The molecule has 4 heteroatoms. The Morgan fingerprint density at radius 1 is 1.35 bits per heavy atom. The summed E-state index contributed by atoms with van der Waals surface area (Å²) in [6.07, 6.45) is 0.867. The maximum absolute atomic E-state index is 12.7. The Bertz CT molecular complexity index is 526. The summed E-state index contributed by atoms with van der Waals surface area (Å²) in [5, 5.41) is 0. The fraction of sp³-hybridized carbons (Fsp3) is 0.632. The van der Waals surface area contributed by atoms with Crippen LogP contribution in [0.4, 0.5) is 0 Å². The number of carbonyl (C=O) groups is 1. The number of nitrogens with zero attached hydrogens (tertiary/aromatic N) is 1. The van der Waals surface area contributed by atoms with E-state index in [4.69, 9.17) is 4.74 Å². The zero-order valence-corrected chi connectivity index (χ0v) is 16.8. The normalized spacial score (nSPS) is 25.5. The van der Waals surface area contributed by atoms with E-state index in [9.17, 15) is 4.79 Å². The Kier molecular flexibility index (Phi) is 6.11. The predicted molar refractivity (Wildman–Crippen MR) is 103 cm³/mol. The van der Waals surface area contributed by atoms with Gasteiger partial charge in [0.25, 0.3) is 0 Å². The standard InChI is InChI=1S/C19H28INO2/c1-18(2,3)13-19(17(22)23-4)14-21(12-16(19)10-20)11-15-8-6-5-7-9-15/h5-9,16H,10-14H2,1-4H3/t16-,19+/m1/s1. The van der Waals surface area contributed by atoms with Gasteiger partial charge in [0, 0.05) is 24.1 Å². The Morgan fingerprint density at radius 2 is 2.00 bits per heavy atom. The lowest BCUT2D eigenvalue weighted by Crippen LogP contribution is -2.43. The maximum Gasteiger partial charge on any atom is 0.313 e. The minimum Gasteiger partial charge on any atom is -0.469 e. The van der Waals surface area contributed by atoms with Gasteiger partial charge < -0.3 is 4.74 Å². The van der Waals surface area contributed by atoms with Crippen LogP contribution in [0.2, 0.25) is 0 Å². The molecule has 0 spiro atoms. The molecule has 0 saturated carbocycles. The molecule has 0 aliphatic carbocycles. The van der Waals surface area contributed by atoms with Gasteiger partial charge in [0.15, 0.2) is 0 Å². The first kappa shape index (κ1) is 18.7. The molecule has 1 heterocycles. The van der Waals surface area contributed by atoms with Gasteiger partial charge in [-0.15, -0.1) is 0 Å². The number of likely N-dealkylation sites (tertiary alicyclic amines) is 1. The van der Waals surface area contributed by atoms with Crippen LogP contribution in [0.3, 0.4) is 0 Å². The number of rotatable bonds is 5. The van der Waals surface area contributed by atoms with Crippen molar-refractivity contribution in [3.63, 3.8) is 0 Å². The molecule has 0 amide bonds. The first-order valence-electron chi connectivity index (χ1n) is 8.21. The van der Waals surface area contributed by atoms with Crippen molar-refractivity contribution in [3.05, 3.63) is 35.9 Å². The Morgan fingerprint density at radius 3 is 2.52 bits per heavy atom. The number of methoxy groups -OCH3 is 1. The van der Waals surface area contributed by atoms with Crippen molar-refractivity contribution >= 4 is 28.6 Å². The number of hydrogen-bond donors (Lipinski definition) is 0. The van der Waals surface area contributed by atoms with Crippen LogP contribution in [0.15, 0.2) is 30.3 Å². The first-order valence-corrected chi connectivity index (χ1v) is 9.74. The van der Waals surface area contributed by atoms with Gasteiger partial charge >= 0.3 is 5.97 Å². The Balaban J connectivity index is 2.24. The van der Waals surface area contributed by atoms with Crippen LogP contribution in [-0.2, 0) is 16.1 Å². The van der Waals surface area contributed by atoms with E-state index in [1.54, 1.807) is 0 Å². The third kappa shape index (κ3) is 4.47. The van der Waals surface area contributed by atoms with E-state index in [-0.39, 0.29) is 16.8 Å². The smallest absolute Gasteiger partial charge is 0.313 e. The highest BCUT2D eigenvalue weighted by Crippen LogP contribution is 2.46. The number of carbonyl (C=O) groups excluding carboxylic acids is 1. The fourth-order valence-corrected chi connectivity index (χ4v) is 5.01. The molecule has 2 rings (SSSR count). The molecule has 1 aromatic rings. The molecule has 0 bridgehead atoms. The topological polar surface area (TPSA) is 29.5 Å². The summed E-state index contributed by atoms with van der Waals surface area (Å²) in [5.41, 5.74) is 1.01. The predicted octanol–water partition coefficient (Wildman–Crippen LogP) is 4.15. The highest BCUT2D eigenvalue weighted by molar-refractivity contribution is 14.1. The van der Waals surface area contributed by atoms with Crippen molar-refractivity contribution in [2.24, 2.45) is 16.7 Å². The molecule has 1 aliphatic heterocycles. The van der Waals surface area contributed by atoms with E-state index in [2.05, 4.69) is 72.5 Å². The van der Waals surface area contributed by atoms with Gasteiger partial charge in [-0.3, -0.25) is 9.69 Å². The van der Waals surface area contributed by atoms with Crippen molar-refractivity contribution in [1.82, 2.24) is 4.90 Å². The van der Waals surface area contributed by atoms with Gasteiger partial charge in [-0.2, -0.15) is 0 Å². The number of ether oxygens (including phenoxy) is 1. The molecule has 1 saturated heterocycles. The molecular weight excluding hydrogens is 401 g/mol. The molecule has 0 N–H and O–H groups in total. The molecule has 2 atom stereocenters. The van der Waals surface area contributed by atoms with Crippen LogP contribution in [0.5, 0.6) is 0 Å². The quantitative estimate of drug-likeness (QED) is 0.400. The van der Waals surface area contributed by atoms with E-state index in [1.165, 1.54) is 12.7 Å². The molecule has 0 radical (unpaired) electrons. The van der Waals surface area contributed by atoms with Gasteiger partial charge in [0.2, 0.25) is 0 Å². The van der Waals surface area contributed by atoms with Crippen LogP contribution in [0, 0.1) is 16.7 Å². The van der Waals surface area contributed by atoms with Crippen LogP contribution in [0.1, 0.15) is 32.8 Å². The second-order valence-corrected chi connectivity index (χ2v) is 8.77. The lowest BCUT2D eigenvalue weighted by molar-refractivity contribution is -0.156. The number of halogens is 1. The van der Waals surface area contributed by atoms with E-state index < -0.39 is 0 Å². The monoisotopic (exact) mass is 429 g/mol. The summed E-state index contributed by atoms with van der Waals surface area (Å²) < 4.78 is 6.23. The summed E-state index contributed by atoms with van der Waals surface area (Å²) in [4.78, 5) is 15.1. The molecule has 3 nitrogen and oxygen atoms in total. The minimum absolute atomic E-state index is 0.0374. The van der Waals surface area contributed by atoms with Crippen LogP contribution in [0.25, 0.3) is 0 Å². The van der Waals surface area contributed by atoms with Gasteiger partial charge in [0.1, 0.15) is 0 Å². The first-order chi connectivity index (χ1) is 10.8. The van der Waals surface area contributed by atoms with E-state index >= 15 is 0 Å². The largest absolute Gasteiger partial charge is 0.469 e. The van der Waals surface area contributed by atoms with E-state index in [1.807, 2.05) is 6.07 Å². The second kappa shape index (κ2) is 7.51. The maximum atomic E-state index is 12.7. The lowest BCUT2D eigenvalue weighted by atomic mass is 9.68. The number of alkyl halides is 1. The van der Waals surface area contributed by atoms with E-state index in [0.29, 0.717) is 5.92 Å². The zero-order chi connectivity index (χ0) is 17.1. The van der Waals surface area contributed by atoms with Gasteiger partial charge in [0.05, 0.1) is 12.5 Å². The highest BCUT2D eigenvalue weighted by Gasteiger charge is 2.53. The van der Waals surface area contributed by atoms with Crippen molar-refractivity contribution in [2.45, 2.75) is 33.7 Å². The van der Waals surface area contributed by atoms with Crippen LogP contribution >= 0.6 is 22.6 Å². The molecule has 128 valence electrons. The molecule has 23 heavy (non-hydrogen) atoms. The van der Waals surface area contributed by atoms with Crippen molar-refractivity contribution in [1.29, 1.82) is 0 Å². The molecule has 1 fully saturated rings. The zero-order valence-electron chi connectivity index (χ0n) is 14.6. The van der Waals surface area contributed by atoms with Gasteiger partial charge in [-0.1, -0.05) is 73.7 Å². The third-order valence-corrected chi connectivity index (χ3v) is 5.70. The summed E-state index contributed by atoms with van der Waals surface area (Å²) >= 11 is 2.42. The van der Waals surface area contributed by atoms with Crippen molar-refractivity contribution in [3.8, 4) is 0 Å². The number of benzene rings is 1. The molecular formula is C19H28INO2. The van der Waals surface area contributed by atoms with Gasteiger partial charge in [-0.25, -0.2) is 0 Å². The molecule has 0 aromatic heterocycles. The average molecular weight is 429 g/mol. The van der Waals surface area contributed by atoms with Crippen molar-refractivity contribution in [2.75, 3.05) is 24.6 Å². The van der Waals surface area contributed by atoms with Crippen LogP contribution in [-0.4, -0.2) is 35.5 Å². The average Bonchev–Trinajstić information content (AvgIpc) is 2.83. The Hall–Kier alpha value is -0.620. The lowest BCUT2D eigenvalue weighted by Gasteiger charge is -2.36. The van der Waals surface area contributed by atoms with Gasteiger partial charge in [-0.05, 0) is 23.3 Å². The summed E-state index contributed by atoms with van der Waals surface area (Å²) in [5.74, 6) is 0.308. The summed E-state index contributed by atoms with van der Waals surface area (Å²) in [6, 6.07) is 10.5. The number of esters is 1. The highest BCUT2D eigenvalue weighted by atomic mass is 127. The molecule has 0 unspecified atom stereocenters. The SMILES string of the molecule is COC(=O)[C@@]1(CC(C)(C)C)CN(Cc2ccccc2)C[C@H]1CI. The third-order valence-electron chi connectivity index (χ3n) is 4.64.